The molecule has 0 amide bonds. The van der Waals surface area contributed by atoms with Crippen molar-refractivity contribution >= 4 is 10.8 Å². The fourth-order valence-corrected chi connectivity index (χ4v) is 2.78. The summed E-state index contributed by atoms with van der Waals surface area (Å²) in [6.07, 6.45) is 2.12. The Labute approximate surface area is 130 Å². The molecule has 2 heteroatoms. The zero-order valence-electron chi connectivity index (χ0n) is 12.9. The molecule has 0 aliphatic heterocycles. The van der Waals surface area contributed by atoms with Crippen molar-refractivity contribution in [2.75, 3.05) is 7.11 Å². The molecule has 0 spiro atoms. The number of benzene rings is 3. The minimum Gasteiger partial charge on any atom is -0.497 e. The first-order valence-corrected chi connectivity index (χ1v) is 7.58. The molecule has 0 aliphatic rings. The Morgan fingerprint density at radius 2 is 1.73 bits per heavy atom. The van der Waals surface area contributed by atoms with Crippen molar-refractivity contribution in [3.8, 4) is 16.9 Å². The molecule has 0 fully saturated rings. The van der Waals surface area contributed by atoms with Crippen LogP contribution in [0.5, 0.6) is 5.75 Å². The van der Waals surface area contributed by atoms with Gasteiger partial charge in [-0.3, -0.25) is 0 Å². The van der Waals surface area contributed by atoms with E-state index in [1.54, 1.807) is 7.11 Å². The normalized spacial score (nSPS) is 10.9. The van der Waals surface area contributed by atoms with E-state index in [-0.39, 0.29) is 5.82 Å². The third-order valence-corrected chi connectivity index (χ3v) is 3.96. The first-order chi connectivity index (χ1) is 10.7. The van der Waals surface area contributed by atoms with Gasteiger partial charge < -0.3 is 4.74 Å². The Morgan fingerprint density at radius 1 is 0.955 bits per heavy atom. The van der Waals surface area contributed by atoms with Crippen LogP contribution in [0.3, 0.4) is 0 Å². The summed E-state index contributed by atoms with van der Waals surface area (Å²) < 4.78 is 20.0. The summed E-state index contributed by atoms with van der Waals surface area (Å²) >= 11 is 0. The number of hydrogen-bond donors (Lipinski definition) is 0. The highest BCUT2D eigenvalue weighted by Crippen LogP contribution is 2.30. The molecule has 0 N–H and O–H groups in total. The molecule has 0 heterocycles. The number of rotatable bonds is 4. The van der Waals surface area contributed by atoms with Crippen LogP contribution in [0.15, 0.2) is 54.6 Å². The lowest BCUT2D eigenvalue weighted by molar-refractivity contribution is 0.415. The van der Waals surface area contributed by atoms with E-state index in [1.807, 2.05) is 48.5 Å². The van der Waals surface area contributed by atoms with Crippen LogP contribution < -0.4 is 4.74 Å². The summed E-state index contributed by atoms with van der Waals surface area (Å²) in [6, 6.07) is 17.3. The first kappa shape index (κ1) is 14.6. The maximum atomic E-state index is 14.8. The lowest BCUT2D eigenvalue weighted by Gasteiger charge is -2.09. The summed E-state index contributed by atoms with van der Waals surface area (Å²) in [6.45, 7) is 2.15. The predicted molar refractivity (Wildman–Crippen MR) is 89.9 cm³/mol. The van der Waals surface area contributed by atoms with Crippen molar-refractivity contribution in [1.29, 1.82) is 0 Å². The molecule has 0 unspecified atom stereocenters. The Balaban J connectivity index is 2.07. The van der Waals surface area contributed by atoms with E-state index in [2.05, 4.69) is 13.0 Å². The first-order valence-electron chi connectivity index (χ1n) is 7.58. The Hall–Kier alpha value is -2.35. The van der Waals surface area contributed by atoms with Crippen molar-refractivity contribution < 1.29 is 9.13 Å². The van der Waals surface area contributed by atoms with E-state index in [4.69, 9.17) is 4.74 Å². The highest BCUT2D eigenvalue weighted by atomic mass is 19.1. The van der Waals surface area contributed by atoms with E-state index in [1.165, 1.54) is 5.56 Å². The van der Waals surface area contributed by atoms with Gasteiger partial charge >= 0.3 is 0 Å². The minimum atomic E-state index is -0.161. The van der Waals surface area contributed by atoms with Gasteiger partial charge in [0.2, 0.25) is 0 Å². The maximum absolute atomic E-state index is 14.8. The van der Waals surface area contributed by atoms with Gasteiger partial charge in [-0.1, -0.05) is 55.8 Å². The number of hydrogen-bond acceptors (Lipinski definition) is 1. The molecule has 0 saturated heterocycles. The van der Waals surface area contributed by atoms with Gasteiger partial charge in [0.15, 0.2) is 0 Å². The van der Waals surface area contributed by atoms with Crippen LogP contribution in [-0.2, 0) is 6.42 Å². The van der Waals surface area contributed by atoms with E-state index in [9.17, 15) is 4.39 Å². The van der Waals surface area contributed by atoms with Crippen molar-refractivity contribution in [2.45, 2.75) is 19.8 Å². The topological polar surface area (TPSA) is 9.23 Å². The highest BCUT2D eigenvalue weighted by Gasteiger charge is 2.10. The van der Waals surface area contributed by atoms with Crippen LogP contribution in [0, 0.1) is 5.82 Å². The second-order valence-corrected chi connectivity index (χ2v) is 5.46. The predicted octanol–water partition coefficient (Wildman–Crippen LogP) is 5.61. The number of methoxy groups -OCH3 is 1. The summed E-state index contributed by atoms with van der Waals surface area (Å²) in [7, 11) is 1.62. The van der Waals surface area contributed by atoms with Gasteiger partial charge in [0.25, 0.3) is 0 Å². The van der Waals surface area contributed by atoms with Crippen LogP contribution >= 0.6 is 0 Å². The molecule has 0 saturated carbocycles. The second kappa shape index (κ2) is 6.18. The largest absolute Gasteiger partial charge is 0.497 e. The minimum absolute atomic E-state index is 0.161. The number of fused-ring (bicyclic) bond motifs is 1. The molecular formula is C20H19FO. The number of halogens is 1. The molecular weight excluding hydrogens is 275 g/mol. The Kier molecular flexibility index (Phi) is 4.10. The van der Waals surface area contributed by atoms with Crippen LogP contribution in [0.25, 0.3) is 21.9 Å². The Morgan fingerprint density at radius 3 is 2.41 bits per heavy atom. The lowest BCUT2D eigenvalue weighted by atomic mass is 9.98. The van der Waals surface area contributed by atoms with Crippen LogP contribution in [0.4, 0.5) is 4.39 Å². The fraction of sp³-hybridized carbons (Fsp3) is 0.200. The molecule has 22 heavy (non-hydrogen) atoms. The molecule has 3 aromatic rings. The average Bonchev–Trinajstić information content (AvgIpc) is 2.56. The monoisotopic (exact) mass is 294 g/mol. The second-order valence-electron chi connectivity index (χ2n) is 5.46. The summed E-state index contributed by atoms with van der Waals surface area (Å²) in [5.74, 6) is 0.611. The van der Waals surface area contributed by atoms with Crippen LogP contribution in [-0.4, -0.2) is 7.11 Å². The SMILES string of the molecule is CCCc1ccc2c(F)c(-c3ccc(OC)cc3)ccc2c1. The summed E-state index contributed by atoms with van der Waals surface area (Å²) in [5.41, 5.74) is 2.74. The van der Waals surface area contributed by atoms with E-state index < -0.39 is 0 Å². The standard InChI is InChI=1S/C20H19FO/c1-3-4-14-5-11-19-16(13-14)8-12-18(20(19)21)15-6-9-17(22-2)10-7-15/h5-13H,3-4H2,1-2H3. The van der Waals surface area contributed by atoms with Crippen molar-refractivity contribution in [3.05, 3.63) is 66.0 Å². The number of aryl methyl sites for hydroxylation is 1. The van der Waals surface area contributed by atoms with Crippen LogP contribution in [0.2, 0.25) is 0 Å². The molecule has 0 aliphatic carbocycles. The quantitative estimate of drug-likeness (QED) is 0.608. The highest BCUT2D eigenvalue weighted by molar-refractivity contribution is 5.88. The third kappa shape index (κ3) is 2.69. The van der Waals surface area contributed by atoms with E-state index in [0.717, 1.165) is 29.5 Å². The van der Waals surface area contributed by atoms with Gasteiger partial charge in [-0.25, -0.2) is 4.39 Å². The van der Waals surface area contributed by atoms with Gasteiger partial charge in [0.05, 0.1) is 7.11 Å². The van der Waals surface area contributed by atoms with Gasteiger partial charge in [-0.2, -0.15) is 0 Å². The molecule has 0 radical (unpaired) electrons. The van der Waals surface area contributed by atoms with Crippen molar-refractivity contribution in [3.63, 3.8) is 0 Å². The maximum Gasteiger partial charge on any atom is 0.138 e. The average molecular weight is 294 g/mol. The van der Waals surface area contributed by atoms with Gasteiger partial charge in [-0.15, -0.1) is 0 Å². The molecule has 3 rings (SSSR count). The summed E-state index contributed by atoms with van der Waals surface area (Å²) in [5, 5.41) is 1.63. The van der Waals surface area contributed by atoms with Gasteiger partial charge in [0.1, 0.15) is 11.6 Å². The third-order valence-electron chi connectivity index (χ3n) is 3.96. The van der Waals surface area contributed by atoms with E-state index in [0.29, 0.717) is 10.9 Å². The zero-order valence-corrected chi connectivity index (χ0v) is 12.9. The van der Waals surface area contributed by atoms with Crippen molar-refractivity contribution in [2.24, 2.45) is 0 Å². The van der Waals surface area contributed by atoms with Crippen molar-refractivity contribution in [1.82, 2.24) is 0 Å². The van der Waals surface area contributed by atoms with Gasteiger partial charge in [0, 0.05) is 10.9 Å². The smallest absolute Gasteiger partial charge is 0.138 e. The molecule has 112 valence electrons. The molecule has 0 bridgehead atoms. The zero-order chi connectivity index (χ0) is 15.5. The van der Waals surface area contributed by atoms with Crippen LogP contribution in [0.1, 0.15) is 18.9 Å². The summed E-state index contributed by atoms with van der Waals surface area (Å²) in [4.78, 5) is 0. The van der Waals surface area contributed by atoms with Gasteiger partial charge in [-0.05, 0) is 35.1 Å². The fourth-order valence-electron chi connectivity index (χ4n) is 2.78. The molecule has 3 aromatic carbocycles. The molecule has 0 aromatic heterocycles. The van der Waals surface area contributed by atoms with E-state index >= 15 is 0 Å². The Bertz CT molecular complexity index is 791. The molecule has 1 nitrogen and oxygen atoms in total. The molecule has 0 atom stereocenters. The lowest BCUT2D eigenvalue weighted by Crippen LogP contribution is -1.90. The number of ether oxygens (including phenoxy) is 1.